The summed E-state index contributed by atoms with van der Waals surface area (Å²) >= 11 is 6.73. The monoisotopic (exact) mass is 389 g/mol. The minimum absolute atomic E-state index is 0.0721. The lowest BCUT2D eigenvalue weighted by atomic mass is 10.3. The summed E-state index contributed by atoms with van der Waals surface area (Å²) in [5.41, 5.74) is 2.31. The third-order valence-corrected chi connectivity index (χ3v) is 3.11. The standard InChI is InChI=1S/C10H9Br2N5O2/c1-18-9-14-8(17-13)15-10(16-9)19-7-3-2-5(11)4-6(7)12/h2-4H,13H2,1H3,(H,14,15,16,17). The largest absolute Gasteiger partial charge is 0.467 e. The van der Waals surface area contributed by atoms with Crippen LogP contribution in [0.25, 0.3) is 0 Å². The molecule has 0 bridgehead atoms. The van der Waals surface area contributed by atoms with E-state index < -0.39 is 0 Å². The van der Waals surface area contributed by atoms with Gasteiger partial charge in [-0.25, -0.2) is 5.84 Å². The zero-order valence-electron chi connectivity index (χ0n) is 9.72. The van der Waals surface area contributed by atoms with Gasteiger partial charge in [0.05, 0.1) is 11.6 Å². The molecule has 1 aromatic heterocycles. The van der Waals surface area contributed by atoms with Crippen LogP contribution in [0.5, 0.6) is 17.8 Å². The second-order valence-electron chi connectivity index (χ2n) is 3.25. The molecule has 1 aromatic carbocycles. The topological polar surface area (TPSA) is 95.2 Å². The number of benzene rings is 1. The number of hydrazine groups is 1. The van der Waals surface area contributed by atoms with Gasteiger partial charge in [0.2, 0.25) is 5.95 Å². The average Bonchev–Trinajstić information content (AvgIpc) is 2.41. The van der Waals surface area contributed by atoms with E-state index >= 15 is 0 Å². The van der Waals surface area contributed by atoms with E-state index in [4.69, 9.17) is 15.3 Å². The van der Waals surface area contributed by atoms with E-state index in [1.165, 1.54) is 7.11 Å². The van der Waals surface area contributed by atoms with Gasteiger partial charge in [0, 0.05) is 4.47 Å². The highest BCUT2D eigenvalue weighted by Gasteiger charge is 2.10. The quantitative estimate of drug-likeness (QED) is 0.611. The number of nitrogens with two attached hydrogens (primary N) is 1. The molecule has 0 unspecified atom stereocenters. The Morgan fingerprint density at radius 3 is 2.53 bits per heavy atom. The third-order valence-electron chi connectivity index (χ3n) is 2.00. The molecule has 0 aliphatic carbocycles. The summed E-state index contributed by atoms with van der Waals surface area (Å²) in [5.74, 6) is 5.96. The fraction of sp³-hybridized carbons (Fsp3) is 0.100. The fourth-order valence-electron chi connectivity index (χ4n) is 1.20. The van der Waals surface area contributed by atoms with E-state index in [0.29, 0.717) is 5.75 Å². The van der Waals surface area contributed by atoms with Crippen LogP contribution in [0, 0.1) is 0 Å². The Kier molecular flexibility index (Phi) is 4.51. The Labute approximate surface area is 125 Å². The van der Waals surface area contributed by atoms with Crippen LogP contribution in [-0.4, -0.2) is 22.1 Å². The van der Waals surface area contributed by atoms with Crippen molar-refractivity contribution in [2.24, 2.45) is 5.84 Å². The Hall–Kier alpha value is -1.45. The summed E-state index contributed by atoms with van der Waals surface area (Å²) < 4.78 is 12.1. The second-order valence-corrected chi connectivity index (χ2v) is 5.02. The SMILES string of the molecule is COc1nc(NN)nc(Oc2ccc(Br)cc2Br)n1. The summed E-state index contributed by atoms with van der Waals surface area (Å²) in [6.07, 6.45) is 0. The van der Waals surface area contributed by atoms with Crippen molar-refractivity contribution in [1.82, 2.24) is 15.0 Å². The molecule has 19 heavy (non-hydrogen) atoms. The zero-order valence-corrected chi connectivity index (χ0v) is 12.9. The van der Waals surface area contributed by atoms with Gasteiger partial charge in [0.25, 0.3) is 0 Å². The fourth-order valence-corrected chi connectivity index (χ4v) is 2.32. The van der Waals surface area contributed by atoms with Crippen LogP contribution in [-0.2, 0) is 0 Å². The molecule has 100 valence electrons. The molecule has 0 atom stereocenters. The van der Waals surface area contributed by atoms with Crippen molar-refractivity contribution < 1.29 is 9.47 Å². The molecule has 1 heterocycles. The number of halogens is 2. The van der Waals surface area contributed by atoms with Crippen LogP contribution in [0.3, 0.4) is 0 Å². The van der Waals surface area contributed by atoms with Crippen molar-refractivity contribution in [3.05, 3.63) is 27.1 Å². The number of hydrogen-bond donors (Lipinski definition) is 2. The number of hydrogen-bond acceptors (Lipinski definition) is 7. The first-order valence-electron chi connectivity index (χ1n) is 5.02. The molecule has 2 aromatic rings. The lowest BCUT2D eigenvalue weighted by Gasteiger charge is -2.08. The number of nitrogen functional groups attached to an aromatic ring is 1. The Balaban J connectivity index is 2.31. The van der Waals surface area contributed by atoms with Crippen molar-refractivity contribution in [1.29, 1.82) is 0 Å². The lowest BCUT2D eigenvalue weighted by molar-refractivity contribution is 0.359. The predicted octanol–water partition coefficient (Wildman–Crippen LogP) is 2.48. The molecule has 2 rings (SSSR count). The van der Waals surface area contributed by atoms with E-state index in [9.17, 15) is 0 Å². The van der Waals surface area contributed by atoms with Gasteiger partial charge in [-0.2, -0.15) is 9.97 Å². The van der Waals surface area contributed by atoms with Crippen molar-refractivity contribution in [2.45, 2.75) is 0 Å². The number of rotatable bonds is 4. The van der Waals surface area contributed by atoms with Crippen molar-refractivity contribution in [3.63, 3.8) is 0 Å². The molecule has 7 nitrogen and oxygen atoms in total. The van der Waals surface area contributed by atoms with Crippen LogP contribution in [0.4, 0.5) is 5.95 Å². The molecule has 0 saturated carbocycles. The van der Waals surface area contributed by atoms with Crippen LogP contribution < -0.4 is 20.7 Å². The van der Waals surface area contributed by atoms with E-state index in [-0.39, 0.29) is 18.0 Å². The van der Waals surface area contributed by atoms with Gasteiger partial charge in [0.1, 0.15) is 5.75 Å². The lowest BCUT2D eigenvalue weighted by Crippen LogP contribution is -2.12. The second kappa shape index (κ2) is 6.13. The van der Waals surface area contributed by atoms with Gasteiger partial charge in [-0.3, -0.25) is 5.43 Å². The maximum Gasteiger partial charge on any atom is 0.330 e. The summed E-state index contributed by atoms with van der Waals surface area (Å²) in [5, 5.41) is 0. The van der Waals surface area contributed by atoms with E-state index in [0.717, 1.165) is 8.95 Å². The molecule has 0 aliphatic rings. The van der Waals surface area contributed by atoms with Gasteiger partial charge < -0.3 is 9.47 Å². The maximum atomic E-state index is 5.54. The van der Waals surface area contributed by atoms with Gasteiger partial charge in [0.15, 0.2) is 0 Å². The summed E-state index contributed by atoms with van der Waals surface area (Å²) in [6, 6.07) is 5.62. The molecule has 0 aliphatic heterocycles. The summed E-state index contributed by atoms with van der Waals surface area (Å²) in [7, 11) is 1.44. The molecular weight excluding hydrogens is 382 g/mol. The smallest absolute Gasteiger partial charge is 0.330 e. The molecule has 3 N–H and O–H groups in total. The maximum absolute atomic E-state index is 5.54. The number of nitrogens with one attached hydrogen (secondary N) is 1. The highest BCUT2D eigenvalue weighted by molar-refractivity contribution is 9.11. The van der Waals surface area contributed by atoms with Crippen LogP contribution in [0.1, 0.15) is 0 Å². The highest BCUT2D eigenvalue weighted by atomic mass is 79.9. The van der Waals surface area contributed by atoms with E-state index in [2.05, 4.69) is 52.2 Å². The number of nitrogens with zero attached hydrogens (tertiary/aromatic N) is 3. The van der Waals surface area contributed by atoms with Crippen LogP contribution in [0.15, 0.2) is 27.1 Å². The minimum Gasteiger partial charge on any atom is -0.467 e. The molecule has 0 amide bonds. The summed E-state index contributed by atoms with van der Waals surface area (Å²) in [6.45, 7) is 0. The number of ether oxygens (including phenoxy) is 2. The minimum atomic E-state index is 0.0721. The predicted molar refractivity (Wildman–Crippen MR) is 76.1 cm³/mol. The molecule has 0 fully saturated rings. The normalized spacial score (nSPS) is 10.1. The number of aromatic nitrogens is 3. The van der Waals surface area contributed by atoms with Crippen molar-refractivity contribution >= 4 is 37.8 Å². The van der Waals surface area contributed by atoms with E-state index in [1.807, 2.05) is 12.1 Å². The van der Waals surface area contributed by atoms with Gasteiger partial charge >= 0.3 is 12.0 Å². The van der Waals surface area contributed by atoms with Crippen LogP contribution >= 0.6 is 31.9 Å². The molecule has 0 saturated heterocycles. The molecular formula is C10H9Br2N5O2. The zero-order chi connectivity index (χ0) is 13.8. The third kappa shape index (κ3) is 3.52. The average molecular weight is 391 g/mol. The van der Waals surface area contributed by atoms with E-state index in [1.54, 1.807) is 6.07 Å². The number of anilines is 1. The highest BCUT2D eigenvalue weighted by Crippen LogP contribution is 2.31. The summed E-state index contributed by atoms with van der Waals surface area (Å²) in [4.78, 5) is 11.8. The van der Waals surface area contributed by atoms with Gasteiger partial charge in [-0.1, -0.05) is 15.9 Å². The Morgan fingerprint density at radius 1 is 1.16 bits per heavy atom. The van der Waals surface area contributed by atoms with Crippen LogP contribution in [0.2, 0.25) is 0 Å². The van der Waals surface area contributed by atoms with Crippen molar-refractivity contribution in [2.75, 3.05) is 12.5 Å². The molecule has 0 radical (unpaired) electrons. The molecule has 9 heteroatoms. The van der Waals surface area contributed by atoms with Gasteiger partial charge in [-0.15, -0.1) is 4.98 Å². The van der Waals surface area contributed by atoms with Gasteiger partial charge in [-0.05, 0) is 34.1 Å². The Morgan fingerprint density at radius 2 is 1.89 bits per heavy atom. The number of methoxy groups -OCH3 is 1. The first-order chi connectivity index (χ1) is 9.12. The van der Waals surface area contributed by atoms with Crippen molar-refractivity contribution in [3.8, 4) is 17.8 Å². The Bertz CT molecular complexity index is 574. The first-order valence-corrected chi connectivity index (χ1v) is 6.60. The molecule has 0 spiro atoms. The first kappa shape index (κ1) is 14.0.